The third-order valence-electron chi connectivity index (χ3n) is 4.75. The van der Waals surface area contributed by atoms with Gasteiger partial charge in [-0.15, -0.1) is 0 Å². The maximum Gasteiger partial charge on any atom is 0.421 e. The van der Waals surface area contributed by atoms with Crippen molar-refractivity contribution in [3.63, 3.8) is 0 Å². The third kappa shape index (κ3) is 6.26. The minimum absolute atomic E-state index is 0.0641. The van der Waals surface area contributed by atoms with E-state index in [0.29, 0.717) is 23.0 Å². The number of nitrogens with one attached hydrogen (secondary N) is 2. The molecule has 0 saturated heterocycles. The van der Waals surface area contributed by atoms with Gasteiger partial charge in [-0.3, -0.25) is 4.31 Å². The fraction of sp³-hybridized carbons (Fsp3) is 0.200. The average molecular weight is 511 g/mol. The van der Waals surface area contributed by atoms with Gasteiger partial charge in [-0.1, -0.05) is 11.2 Å². The van der Waals surface area contributed by atoms with Gasteiger partial charge < -0.3 is 21.6 Å². The first-order chi connectivity index (χ1) is 16.4. The molecule has 5 N–H and O–H groups in total. The Kier molecular flexibility index (Phi) is 7.28. The SMILES string of the molecule is CN(c1ncccc1CNc1nc(Nc2ccc(/C(N)=N/O)cc2)ncc1C(F)(F)F)S(C)(=O)=O. The smallest absolute Gasteiger partial charge is 0.409 e. The molecule has 0 spiro atoms. The van der Waals surface area contributed by atoms with Crippen molar-refractivity contribution in [1.29, 1.82) is 0 Å². The summed E-state index contributed by atoms with van der Waals surface area (Å²) in [7, 11) is -2.35. The number of sulfonamides is 1. The molecule has 3 rings (SSSR count). The Bertz CT molecular complexity index is 1330. The van der Waals surface area contributed by atoms with E-state index >= 15 is 0 Å². The molecule has 0 amide bonds. The summed E-state index contributed by atoms with van der Waals surface area (Å²) in [6, 6.07) is 9.22. The molecule has 0 aliphatic rings. The lowest BCUT2D eigenvalue weighted by Gasteiger charge is -2.20. The van der Waals surface area contributed by atoms with Crippen LogP contribution < -0.4 is 20.7 Å². The van der Waals surface area contributed by atoms with Gasteiger partial charge in [0.05, 0.1) is 6.26 Å². The van der Waals surface area contributed by atoms with Gasteiger partial charge in [0.15, 0.2) is 5.84 Å². The molecule has 0 fully saturated rings. The van der Waals surface area contributed by atoms with E-state index in [-0.39, 0.29) is 24.1 Å². The van der Waals surface area contributed by atoms with Crippen molar-refractivity contribution in [2.45, 2.75) is 12.7 Å². The van der Waals surface area contributed by atoms with Gasteiger partial charge in [0.25, 0.3) is 0 Å². The molecular weight excluding hydrogens is 489 g/mol. The summed E-state index contributed by atoms with van der Waals surface area (Å²) in [5.74, 6) is -0.684. The van der Waals surface area contributed by atoms with Crippen LogP contribution in [-0.4, -0.2) is 47.7 Å². The summed E-state index contributed by atoms with van der Waals surface area (Å²) in [5, 5.41) is 17.0. The van der Waals surface area contributed by atoms with Crippen molar-refractivity contribution < 1.29 is 26.8 Å². The number of rotatable bonds is 8. The van der Waals surface area contributed by atoms with Crippen molar-refractivity contribution in [1.82, 2.24) is 15.0 Å². The Morgan fingerprint density at radius 2 is 1.89 bits per heavy atom. The Hall–Kier alpha value is -4.14. The normalized spacial score (nSPS) is 12.3. The van der Waals surface area contributed by atoms with Crippen LogP contribution in [0.25, 0.3) is 0 Å². The van der Waals surface area contributed by atoms with E-state index in [1.807, 2.05) is 0 Å². The van der Waals surface area contributed by atoms with Crippen molar-refractivity contribution in [3.8, 4) is 0 Å². The van der Waals surface area contributed by atoms with Crippen molar-refractivity contribution in [2.75, 3.05) is 28.2 Å². The van der Waals surface area contributed by atoms with Crippen LogP contribution in [0.3, 0.4) is 0 Å². The number of benzene rings is 1. The number of aromatic nitrogens is 3. The molecule has 0 radical (unpaired) electrons. The van der Waals surface area contributed by atoms with E-state index < -0.39 is 27.6 Å². The molecule has 0 atom stereocenters. The van der Waals surface area contributed by atoms with Gasteiger partial charge >= 0.3 is 6.18 Å². The molecule has 0 saturated carbocycles. The van der Waals surface area contributed by atoms with Crippen LogP contribution in [-0.2, 0) is 22.7 Å². The van der Waals surface area contributed by atoms with Gasteiger partial charge in [0.1, 0.15) is 17.2 Å². The van der Waals surface area contributed by atoms with Crippen LogP contribution in [0.1, 0.15) is 16.7 Å². The van der Waals surface area contributed by atoms with Crippen LogP contribution in [0, 0.1) is 0 Å². The second-order valence-electron chi connectivity index (χ2n) is 7.21. The second kappa shape index (κ2) is 10.0. The predicted octanol–water partition coefficient (Wildman–Crippen LogP) is 2.74. The first kappa shape index (κ1) is 25.5. The van der Waals surface area contributed by atoms with E-state index in [1.165, 1.54) is 37.5 Å². The summed E-state index contributed by atoms with van der Waals surface area (Å²) in [5.41, 5.74) is 5.61. The molecule has 1 aromatic carbocycles. The van der Waals surface area contributed by atoms with E-state index in [2.05, 4.69) is 30.7 Å². The van der Waals surface area contributed by atoms with Gasteiger partial charge in [-0.05, 0) is 30.3 Å². The van der Waals surface area contributed by atoms with Crippen LogP contribution in [0.5, 0.6) is 0 Å². The number of oxime groups is 1. The number of pyridine rings is 1. The summed E-state index contributed by atoms with van der Waals surface area (Å²) in [6.45, 7) is -0.197. The summed E-state index contributed by atoms with van der Waals surface area (Å²) >= 11 is 0. The standard InChI is InChI=1S/C20H21F3N8O3S/c1-31(35(2,33)34)18-13(4-3-9-25-18)10-26-17-15(20(21,22)23)11-27-19(29-17)28-14-7-5-12(6-8-14)16(24)30-32/h3-9,11,32H,10H2,1-2H3,(H2,24,30)(H2,26,27,28,29). The monoisotopic (exact) mass is 510 g/mol. The molecule has 0 aliphatic carbocycles. The molecule has 35 heavy (non-hydrogen) atoms. The first-order valence-corrected chi connectivity index (χ1v) is 11.7. The lowest BCUT2D eigenvalue weighted by atomic mass is 10.2. The third-order valence-corrected chi connectivity index (χ3v) is 5.92. The minimum atomic E-state index is -4.75. The van der Waals surface area contributed by atoms with Crippen LogP contribution >= 0.6 is 0 Å². The highest BCUT2D eigenvalue weighted by Gasteiger charge is 2.35. The Labute approximate surface area is 198 Å². The highest BCUT2D eigenvalue weighted by atomic mass is 32.2. The zero-order valence-electron chi connectivity index (χ0n) is 18.4. The van der Waals surface area contributed by atoms with Crippen molar-refractivity contribution in [3.05, 3.63) is 65.5 Å². The zero-order chi connectivity index (χ0) is 25.8. The largest absolute Gasteiger partial charge is 0.421 e. The van der Waals surface area contributed by atoms with Gasteiger partial charge in [-0.25, -0.2) is 18.4 Å². The predicted molar refractivity (Wildman–Crippen MR) is 124 cm³/mol. The van der Waals surface area contributed by atoms with Crippen molar-refractivity contribution >= 4 is 39.1 Å². The quantitative estimate of drug-likeness (QED) is 0.155. The fourth-order valence-corrected chi connectivity index (χ4v) is 3.36. The van der Waals surface area contributed by atoms with Gasteiger partial charge in [0, 0.05) is 42.8 Å². The van der Waals surface area contributed by atoms with Crippen LogP contribution in [0.4, 0.5) is 36.4 Å². The average Bonchev–Trinajstić information content (AvgIpc) is 2.81. The number of alkyl halides is 3. The molecule has 2 heterocycles. The number of hydrogen-bond donors (Lipinski definition) is 4. The molecule has 186 valence electrons. The van der Waals surface area contributed by atoms with Crippen molar-refractivity contribution in [2.24, 2.45) is 10.9 Å². The molecule has 0 aliphatic heterocycles. The summed E-state index contributed by atoms with van der Waals surface area (Å²) in [4.78, 5) is 11.7. The molecule has 11 nitrogen and oxygen atoms in total. The maximum atomic E-state index is 13.6. The van der Waals surface area contributed by atoms with E-state index in [0.717, 1.165) is 10.6 Å². The molecule has 15 heteroatoms. The van der Waals surface area contributed by atoms with E-state index in [1.54, 1.807) is 12.1 Å². The Morgan fingerprint density at radius 1 is 1.20 bits per heavy atom. The van der Waals surface area contributed by atoms with E-state index in [9.17, 15) is 21.6 Å². The van der Waals surface area contributed by atoms with Gasteiger partial charge in [0.2, 0.25) is 16.0 Å². The number of anilines is 4. The molecular formula is C20H21F3N8O3S. The molecule has 3 aromatic rings. The fourth-order valence-electron chi connectivity index (χ4n) is 2.88. The lowest BCUT2D eigenvalue weighted by Crippen LogP contribution is -2.27. The Morgan fingerprint density at radius 3 is 2.49 bits per heavy atom. The maximum absolute atomic E-state index is 13.6. The molecule has 2 aromatic heterocycles. The number of nitrogens with zero attached hydrogens (tertiary/aromatic N) is 5. The number of halogens is 3. The highest BCUT2D eigenvalue weighted by Crippen LogP contribution is 2.34. The minimum Gasteiger partial charge on any atom is -0.409 e. The summed E-state index contributed by atoms with van der Waals surface area (Å²) in [6.07, 6.45) is -1.75. The van der Waals surface area contributed by atoms with Gasteiger partial charge in [-0.2, -0.15) is 18.2 Å². The lowest BCUT2D eigenvalue weighted by molar-refractivity contribution is -0.137. The zero-order valence-corrected chi connectivity index (χ0v) is 19.3. The highest BCUT2D eigenvalue weighted by molar-refractivity contribution is 7.92. The first-order valence-electron chi connectivity index (χ1n) is 9.81. The number of nitrogens with two attached hydrogens (primary N) is 1. The van der Waals surface area contributed by atoms with Crippen LogP contribution in [0.15, 0.2) is 53.9 Å². The number of amidine groups is 1. The molecule has 0 unspecified atom stereocenters. The van der Waals surface area contributed by atoms with Crippen LogP contribution in [0.2, 0.25) is 0 Å². The topological polar surface area (TPSA) is 159 Å². The Balaban J connectivity index is 1.89. The number of hydrogen-bond acceptors (Lipinski definition) is 9. The van der Waals surface area contributed by atoms with E-state index in [4.69, 9.17) is 10.9 Å². The second-order valence-corrected chi connectivity index (χ2v) is 9.23. The molecule has 0 bridgehead atoms. The summed E-state index contributed by atoms with van der Waals surface area (Å²) < 4.78 is 65.4.